The average molecular weight is 574 g/mol. The molecule has 12 heteroatoms. The number of imide groups is 1. The first-order chi connectivity index (χ1) is 20.0. The van der Waals surface area contributed by atoms with Crippen molar-refractivity contribution >= 4 is 34.6 Å². The van der Waals surface area contributed by atoms with E-state index in [2.05, 4.69) is 9.72 Å². The Morgan fingerprint density at radius 3 is 2.24 bits per heavy atom. The number of carboxylic acid groups (broad SMARTS) is 1. The van der Waals surface area contributed by atoms with Gasteiger partial charge in [-0.2, -0.15) is 0 Å². The van der Waals surface area contributed by atoms with Gasteiger partial charge in [0.1, 0.15) is 17.0 Å². The summed E-state index contributed by atoms with van der Waals surface area (Å²) in [6, 6.07) is 18.9. The number of carbonyl (C=O) groups excluding carboxylic acids is 2. The van der Waals surface area contributed by atoms with Crippen molar-refractivity contribution in [1.82, 2.24) is 4.98 Å². The minimum Gasteiger partial charge on any atom is -0.495 e. The Morgan fingerprint density at radius 2 is 1.55 bits per heavy atom. The molecule has 9 nitrogen and oxygen atoms in total. The van der Waals surface area contributed by atoms with Gasteiger partial charge in [-0.15, -0.1) is 13.2 Å². The molecule has 0 bridgehead atoms. The first kappa shape index (κ1) is 26.6. The lowest BCUT2D eigenvalue weighted by atomic mass is 10.1. The first-order valence-electron chi connectivity index (χ1n) is 12.2. The SMILES string of the molecule is COc1ccc(-c2nc3ccc(-c4ccc(OC(F)(F)F)cc4)cc3o2)cc1N1C(=O)c2ccc(C(=O)O)cc2C1=O. The maximum absolute atomic E-state index is 13.3. The summed E-state index contributed by atoms with van der Waals surface area (Å²) in [5.74, 6) is -2.54. The fourth-order valence-corrected chi connectivity index (χ4v) is 4.67. The van der Waals surface area contributed by atoms with E-state index in [4.69, 9.17) is 9.15 Å². The number of hydrogen-bond acceptors (Lipinski definition) is 7. The number of hydrogen-bond donors (Lipinski definition) is 1. The second-order valence-electron chi connectivity index (χ2n) is 9.17. The molecule has 0 atom stereocenters. The summed E-state index contributed by atoms with van der Waals surface area (Å²) in [5.41, 5.74) is 2.57. The third kappa shape index (κ3) is 4.68. The van der Waals surface area contributed by atoms with Gasteiger partial charge in [-0.05, 0) is 71.8 Å². The maximum atomic E-state index is 13.3. The zero-order valence-corrected chi connectivity index (χ0v) is 21.4. The number of oxazole rings is 1. The Morgan fingerprint density at radius 1 is 0.857 bits per heavy atom. The third-order valence-corrected chi connectivity index (χ3v) is 6.61. The summed E-state index contributed by atoms with van der Waals surface area (Å²) in [4.78, 5) is 43.3. The fourth-order valence-electron chi connectivity index (χ4n) is 4.67. The highest BCUT2D eigenvalue weighted by Gasteiger charge is 2.39. The normalized spacial score (nSPS) is 13.0. The van der Waals surface area contributed by atoms with Crippen LogP contribution in [0.5, 0.6) is 11.5 Å². The number of methoxy groups -OCH3 is 1. The van der Waals surface area contributed by atoms with E-state index >= 15 is 0 Å². The van der Waals surface area contributed by atoms with Crippen molar-refractivity contribution in [1.29, 1.82) is 0 Å². The van der Waals surface area contributed by atoms with Gasteiger partial charge >= 0.3 is 12.3 Å². The Balaban J connectivity index is 1.34. The lowest BCUT2D eigenvalue weighted by Crippen LogP contribution is -2.29. The molecule has 0 aliphatic carbocycles. The summed E-state index contributed by atoms with van der Waals surface area (Å²) in [6.45, 7) is 0. The van der Waals surface area contributed by atoms with Crippen LogP contribution in [-0.2, 0) is 0 Å². The van der Waals surface area contributed by atoms with Crippen LogP contribution in [0.1, 0.15) is 31.1 Å². The first-order valence-corrected chi connectivity index (χ1v) is 12.2. The van der Waals surface area contributed by atoms with Crippen LogP contribution in [-0.4, -0.2) is 41.3 Å². The van der Waals surface area contributed by atoms with Crippen LogP contribution >= 0.6 is 0 Å². The van der Waals surface area contributed by atoms with Crippen LogP contribution in [0.4, 0.5) is 18.9 Å². The number of ether oxygens (including phenoxy) is 2. The molecule has 1 aliphatic heterocycles. The molecule has 0 saturated carbocycles. The van der Waals surface area contributed by atoms with Crippen molar-refractivity contribution in [2.24, 2.45) is 0 Å². The smallest absolute Gasteiger partial charge is 0.495 e. The topological polar surface area (TPSA) is 119 Å². The van der Waals surface area contributed by atoms with Gasteiger partial charge in [-0.25, -0.2) is 14.7 Å². The zero-order chi connectivity index (χ0) is 29.8. The minimum absolute atomic E-state index is 0.0419. The number of aromatic carboxylic acids is 1. The van der Waals surface area contributed by atoms with E-state index in [0.29, 0.717) is 27.8 Å². The van der Waals surface area contributed by atoms with E-state index in [1.807, 2.05) is 0 Å². The molecule has 2 heterocycles. The second-order valence-corrected chi connectivity index (χ2v) is 9.17. The fraction of sp³-hybridized carbons (Fsp3) is 0.0667. The quantitative estimate of drug-likeness (QED) is 0.226. The van der Waals surface area contributed by atoms with Gasteiger partial charge in [-0.3, -0.25) is 9.59 Å². The molecule has 0 unspecified atom stereocenters. The van der Waals surface area contributed by atoms with Crippen LogP contribution < -0.4 is 14.4 Å². The predicted molar refractivity (Wildman–Crippen MR) is 143 cm³/mol. The third-order valence-electron chi connectivity index (χ3n) is 6.61. The molecule has 0 radical (unpaired) electrons. The lowest BCUT2D eigenvalue weighted by molar-refractivity contribution is -0.274. The van der Waals surface area contributed by atoms with Gasteiger partial charge in [0.05, 0.1) is 29.5 Å². The Kier molecular flexibility index (Phi) is 6.18. The Bertz CT molecular complexity index is 1910. The number of carboxylic acids is 1. The van der Waals surface area contributed by atoms with E-state index in [-0.39, 0.29) is 39.8 Å². The van der Waals surface area contributed by atoms with Gasteiger partial charge in [0.15, 0.2) is 5.58 Å². The highest BCUT2D eigenvalue weighted by atomic mass is 19.4. The molecule has 5 aromatic rings. The van der Waals surface area contributed by atoms with Crippen LogP contribution in [0.2, 0.25) is 0 Å². The van der Waals surface area contributed by atoms with Crippen LogP contribution in [0.25, 0.3) is 33.7 Å². The standard InChI is InChI=1S/C30H17F3N2O7/c1-40-24-11-6-17(13-23(24)35-27(36)20-9-4-18(29(38)39)12-21(20)28(35)37)26-34-22-10-5-16(14-25(22)41-26)15-2-7-19(8-3-15)42-30(31,32)33/h2-14H,1H3,(H,38,39). The molecule has 210 valence electrons. The molecule has 42 heavy (non-hydrogen) atoms. The summed E-state index contributed by atoms with van der Waals surface area (Å²) in [5, 5.41) is 9.30. The number of halogens is 3. The summed E-state index contributed by atoms with van der Waals surface area (Å²) >= 11 is 0. The monoisotopic (exact) mass is 574 g/mol. The van der Waals surface area contributed by atoms with E-state index in [0.717, 1.165) is 11.0 Å². The molecule has 2 amide bonds. The number of carbonyl (C=O) groups is 3. The molecule has 0 spiro atoms. The van der Waals surface area contributed by atoms with Crippen molar-refractivity contribution in [3.8, 4) is 34.1 Å². The number of amides is 2. The van der Waals surface area contributed by atoms with Crippen LogP contribution in [0, 0.1) is 0 Å². The summed E-state index contributed by atoms with van der Waals surface area (Å²) in [6.07, 6.45) is -4.79. The van der Waals surface area contributed by atoms with Gasteiger partial charge in [0, 0.05) is 5.56 Å². The van der Waals surface area contributed by atoms with Gasteiger partial charge in [0.2, 0.25) is 5.89 Å². The molecule has 6 rings (SSSR count). The number of benzene rings is 4. The molecule has 0 saturated heterocycles. The second kappa shape index (κ2) is 9.77. The molecule has 0 fully saturated rings. The van der Waals surface area contributed by atoms with Crippen molar-refractivity contribution in [2.75, 3.05) is 12.0 Å². The highest BCUT2D eigenvalue weighted by Crippen LogP contribution is 2.39. The summed E-state index contributed by atoms with van der Waals surface area (Å²) < 4.78 is 52.7. The van der Waals surface area contributed by atoms with Gasteiger partial charge < -0.3 is 19.0 Å². The van der Waals surface area contributed by atoms with Crippen LogP contribution in [0.15, 0.2) is 83.3 Å². The van der Waals surface area contributed by atoms with Gasteiger partial charge in [-0.1, -0.05) is 18.2 Å². The Labute approximate surface area is 234 Å². The average Bonchev–Trinajstić information content (AvgIpc) is 3.50. The number of alkyl halides is 3. The van der Waals surface area contributed by atoms with Crippen molar-refractivity contribution in [3.63, 3.8) is 0 Å². The van der Waals surface area contributed by atoms with E-state index in [9.17, 15) is 32.7 Å². The van der Waals surface area contributed by atoms with Crippen molar-refractivity contribution in [3.05, 3.63) is 95.6 Å². The maximum Gasteiger partial charge on any atom is 0.573 e. The van der Waals surface area contributed by atoms with Gasteiger partial charge in [0.25, 0.3) is 11.8 Å². The largest absolute Gasteiger partial charge is 0.573 e. The van der Waals surface area contributed by atoms with E-state index < -0.39 is 24.1 Å². The lowest BCUT2D eigenvalue weighted by Gasteiger charge is -2.18. The number of anilines is 1. The predicted octanol–water partition coefficient (Wildman–Crippen LogP) is 6.57. The molecule has 1 aromatic heterocycles. The van der Waals surface area contributed by atoms with Crippen molar-refractivity contribution in [2.45, 2.75) is 6.36 Å². The minimum atomic E-state index is -4.79. The number of rotatable bonds is 6. The zero-order valence-electron chi connectivity index (χ0n) is 21.4. The number of nitrogens with zero attached hydrogens (tertiary/aromatic N) is 2. The molecule has 1 N–H and O–H groups in total. The molecular formula is C30H17F3N2O7. The van der Waals surface area contributed by atoms with Crippen molar-refractivity contribution < 1.29 is 46.6 Å². The Hall–Kier alpha value is -5.65. The van der Waals surface area contributed by atoms with Crippen LogP contribution in [0.3, 0.4) is 0 Å². The molecular weight excluding hydrogens is 557 g/mol. The highest BCUT2D eigenvalue weighted by molar-refractivity contribution is 6.35. The molecule has 1 aliphatic rings. The summed E-state index contributed by atoms with van der Waals surface area (Å²) in [7, 11) is 1.38. The van der Waals surface area contributed by atoms with E-state index in [1.165, 1.54) is 49.6 Å². The number of fused-ring (bicyclic) bond motifs is 2. The van der Waals surface area contributed by atoms with E-state index in [1.54, 1.807) is 30.3 Å². The number of aromatic nitrogens is 1. The molecule has 4 aromatic carbocycles.